The molecule has 5 heterocycles. The van der Waals surface area contributed by atoms with Gasteiger partial charge in [0.05, 0.1) is 13.1 Å². The maximum Gasteiger partial charge on any atom is 0.344 e. The lowest BCUT2D eigenvalue weighted by molar-refractivity contribution is -0.939. The maximum absolute atomic E-state index is 14.0. The van der Waals surface area contributed by atoms with E-state index in [1.807, 2.05) is 0 Å². The second-order valence-corrected chi connectivity index (χ2v) is 11.0. The number of rotatable bonds is 7. The lowest BCUT2D eigenvalue weighted by atomic mass is 9.82. The van der Waals surface area contributed by atoms with Crippen molar-refractivity contribution in [3.63, 3.8) is 0 Å². The highest BCUT2D eigenvalue weighted by molar-refractivity contribution is 7.10. The van der Waals surface area contributed by atoms with Crippen molar-refractivity contribution in [1.82, 2.24) is 9.97 Å². The van der Waals surface area contributed by atoms with Crippen LogP contribution in [0, 0.1) is 11.8 Å². The number of carbonyl (C=O) groups excluding carboxylic acids is 2. The second kappa shape index (κ2) is 9.18. The van der Waals surface area contributed by atoms with Gasteiger partial charge in [0.25, 0.3) is 5.91 Å². The van der Waals surface area contributed by atoms with Crippen molar-refractivity contribution >= 4 is 29.2 Å². The standard InChI is InChI=1S/C24H28F2N4O4S/c25-23(26)7-4-17(13-23)24(33,19-3-1-12-35-19)21(32)34-18-14-30(10-5-16(18)6-11-30)15-20(31)29-22-27-8-2-9-28-22/h1-3,8-9,12,16-18,33H,4-7,10-11,13-15H2/p+1/t16?,17?,18-,24?,30?/m0/s1. The lowest BCUT2D eigenvalue weighted by Crippen LogP contribution is -2.66. The molecule has 2 aromatic rings. The first-order chi connectivity index (χ1) is 16.7. The Morgan fingerprint density at radius 3 is 2.60 bits per heavy atom. The van der Waals surface area contributed by atoms with E-state index in [1.54, 1.807) is 36.0 Å². The Balaban J connectivity index is 1.30. The molecular formula is C24H29F2N4O4S+. The molecule has 11 heteroatoms. The van der Waals surface area contributed by atoms with E-state index < -0.39 is 35.9 Å². The molecular weight excluding hydrogens is 478 g/mol. The maximum atomic E-state index is 14.0. The summed E-state index contributed by atoms with van der Waals surface area (Å²) in [6, 6.07) is 4.95. The van der Waals surface area contributed by atoms with Crippen molar-refractivity contribution in [3.8, 4) is 0 Å². The molecule has 0 radical (unpaired) electrons. The van der Waals surface area contributed by atoms with Gasteiger partial charge in [-0.05, 0) is 23.9 Å². The Morgan fingerprint density at radius 2 is 1.97 bits per heavy atom. The summed E-state index contributed by atoms with van der Waals surface area (Å²) in [5.41, 5.74) is -2.10. The van der Waals surface area contributed by atoms with Crippen molar-refractivity contribution in [2.75, 3.05) is 31.5 Å². The number of amides is 1. The number of carbonyl (C=O) groups is 2. The highest BCUT2D eigenvalue weighted by Crippen LogP contribution is 2.49. The number of hydrogen-bond acceptors (Lipinski definition) is 7. The molecule has 4 aliphatic rings. The summed E-state index contributed by atoms with van der Waals surface area (Å²) in [5.74, 6) is -4.54. The molecule has 1 saturated carbocycles. The third kappa shape index (κ3) is 4.81. The SMILES string of the molecule is O=C(C[N+]12CCC(CC1)[C@@H](OC(=O)C(O)(c1cccs1)C1CCC(F)(F)C1)C2)Nc1ncccn1. The van der Waals surface area contributed by atoms with E-state index >= 15 is 0 Å². The summed E-state index contributed by atoms with van der Waals surface area (Å²) in [6.45, 7) is 2.21. The number of thiophene rings is 1. The largest absolute Gasteiger partial charge is 0.454 e. The van der Waals surface area contributed by atoms with Crippen LogP contribution >= 0.6 is 11.3 Å². The number of aliphatic hydroxyl groups is 1. The highest BCUT2D eigenvalue weighted by atomic mass is 32.1. The van der Waals surface area contributed by atoms with Gasteiger partial charge in [-0.3, -0.25) is 10.1 Å². The number of fused-ring (bicyclic) bond motifs is 3. The molecule has 8 nitrogen and oxygen atoms in total. The first kappa shape index (κ1) is 24.2. The van der Waals surface area contributed by atoms with Crippen LogP contribution in [0.15, 0.2) is 36.0 Å². The lowest BCUT2D eigenvalue weighted by Gasteiger charge is -2.51. The quantitative estimate of drug-likeness (QED) is 0.442. The van der Waals surface area contributed by atoms with E-state index in [9.17, 15) is 23.5 Å². The van der Waals surface area contributed by atoms with Gasteiger partial charge in [0.1, 0.15) is 6.54 Å². The van der Waals surface area contributed by atoms with Crippen LogP contribution in [0.25, 0.3) is 0 Å². The molecule has 0 aromatic carbocycles. The Morgan fingerprint density at radius 1 is 1.23 bits per heavy atom. The van der Waals surface area contributed by atoms with Crippen molar-refractivity contribution in [3.05, 3.63) is 40.8 Å². The highest BCUT2D eigenvalue weighted by Gasteiger charge is 2.57. The molecule has 3 aliphatic heterocycles. The number of nitrogens with zero attached hydrogens (tertiary/aromatic N) is 3. The zero-order chi connectivity index (χ0) is 24.7. The minimum atomic E-state index is -2.91. The fourth-order valence-electron chi connectivity index (χ4n) is 5.91. The van der Waals surface area contributed by atoms with Crippen LogP contribution in [0.1, 0.15) is 37.0 Å². The molecule has 3 atom stereocenters. The second-order valence-electron chi connectivity index (χ2n) is 10.1. The first-order valence-electron chi connectivity index (χ1n) is 12.0. The average Bonchev–Trinajstić information content (AvgIpc) is 3.50. The molecule has 2 bridgehead atoms. The van der Waals surface area contributed by atoms with Gasteiger partial charge in [0.2, 0.25) is 11.9 Å². The number of nitrogens with one attached hydrogen (secondary N) is 1. The Kier molecular flexibility index (Phi) is 6.35. The number of esters is 1. The van der Waals surface area contributed by atoms with E-state index in [2.05, 4.69) is 15.3 Å². The number of ether oxygens (including phenoxy) is 1. The van der Waals surface area contributed by atoms with E-state index in [0.29, 0.717) is 15.9 Å². The van der Waals surface area contributed by atoms with Gasteiger partial charge in [-0.25, -0.2) is 23.5 Å². The van der Waals surface area contributed by atoms with E-state index in [1.165, 1.54) is 11.3 Å². The van der Waals surface area contributed by atoms with Crippen LogP contribution in [0.4, 0.5) is 14.7 Å². The zero-order valence-electron chi connectivity index (χ0n) is 19.2. The molecule has 2 N–H and O–H groups in total. The summed E-state index contributed by atoms with van der Waals surface area (Å²) in [6.07, 6.45) is 3.32. The third-order valence-corrected chi connectivity index (χ3v) is 8.79. The zero-order valence-corrected chi connectivity index (χ0v) is 20.1. The van der Waals surface area contributed by atoms with Gasteiger partial charge in [-0.1, -0.05) is 6.07 Å². The number of halogens is 2. The average molecular weight is 508 g/mol. The molecule has 35 heavy (non-hydrogen) atoms. The smallest absolute Gasteiger partial charge is 0.344 e. The first-order valence-corrected chi connectivity index (χ1v) is 12.8. The summed E-state index contributed by atoms with van der Waals surface area (Å²) in [5, 5.41) is 16.0. The molecule has 4 fully saturated rings. The molecule has 0 spiro atoms. The molecule has 2 aromatic heterocycles. The number of piperidine rings is 3. The van der Waals surface area contributed by atoms with Gasteiger partial charge < -0.3 is 14.3 Å². The summed E-state index contributed by atoms with van der Waals surface area (Å²) in [7, 11) is 0. The number of alkyl halides is 2. The predicted octanol–water partition coefficient (Wildman–Crippen LogP) is 2.95. The van der Waals surface area contributed by atoms with E-state index in [4.69, 9.17) is 4.74 Å². The minimum Gasteiger partial charge on any atom is -0.454 e. The van der Waals surface area contributed by atoms with Crippen molar-refractivity contribution < 1.29 is 32.7 Å². The van der Waals surface area contributed by atoms with Crippen molar-refractivity contribution in [2.45, 2.75) is 49.7 Å². The molecule has 3 saturated heterocycles. The van der Waals surface area contributed by atoms with Gasteiger partial charge in [-0.2, -0.15) is 0 Å². The fourth-order valence-corrected chi connectivity index (χ4v) is 6.80. The fraction of sp³-hybridized carbons (Fsp3) is 0.583. The molecule has 2 unspecified atom stereocenters. The Bertz CT molecular complexity index is 1060. The van der Waals surface area contributed by atoms with Crippen LogP contribution < -0.4 is 5.32 Å². The molecule has 1 amide bonds. The van der Waals surface area contributed by atoms with Crippen molar-refractivity contribution in [2.24, 2.45) is 11.8 Å². The summed E-state index contributed by atoms with van der Waals surface area (Å²) in [4.78, 5) is 34.6. The Labute approximate surface area is 205 Å². The van der Waals surface area contributed by atoms with Crippen LogP contribution in [-0.4, -0.2) is 69.6 Å². The number of quaternary nitrogens is 1. The topological polar surface area (TPSA) is 101 Å². The van der Waals surface area contributed by atoms with Gasteiger partial charge in [0, 0.05) is 54.8 Å². The van der Waals surface area contributed by atoms with Crippen LogP contribution in [0.3, 0.4) is 0 Å². The number of anilines is 1. The number of aromatic nitrogens is 2. The van der Waals surface area contributed by atoms with Crippen LogP contribution in [0.2, 0.25) is 0 Å². The van der Waals surface area contributed by atoms with E-state index in [0.717, 1.165) is 25.9 Å². The van der Waals surface area contributed by atoms with Gasteiger partial charge in [-0.15, -0.1) is 11.3 Å². The van der Waals surface area contributed by atoms with Crippen LogP contribution in [0.5, 0.6) is 0 Å². The summed E-state index contributed by atoms with van der Waals surface area (Å²) >= 11 is 1.17. The van der Waals surface area contributed by atoms with Crippen molar-refractivity contribution in [1.29, 1.82) is 0 Å². The van der Waals surface area contributed by atoms with Gasteiger partial charge >= 0.3 is 5.97 Å². The predicted molar refractivity (Wildman–Crippen MR) is 123 cm³/mol. The monoisotopic (exact) mass is 507 g/mol. The normalized spacial score (nSPS) is 31.0. The van der Waals surface area contributed by atoms with E-state index in [-0.39, 0.29) is 37.2 Å². The molecule has 1 aliphatic carbocycles. The van der Waals surface area contributed by atoms with Gasteiger partial charge in [0.15, 0.2) is 18.2 Å². The number of hydrogen-bond donors (Lipinski definition) is 2. The Hall–Kier alpha value is -2.50. The molecule has 6 rings (SSSR count). The van der Waals surface area contributed by atoms with Crippen LogP contribution in [-0.2, 0) is 19.9 Å². The molecule has 188 valence electrons. The summed E-state index contributed by atoms with van der Waals surface area (Å²) < 4.78 is 34.4. The minimum absolute atomic E-state index is 0.0479. The third-order valence-electron chi connectivity index (χ3n) is 7.80.